The maximum atomic E-state index is 5.45. The van der Waals surface area contributed by atoms with Gasteiger partial charge in [-0.1, -0.05) is 29.8 Å². The summed E-state index contributed by atoms with van der Waals surface area (Å²) >= 11 is 5.45. The van der Waals surface area contributed by atoms with E-state index < -0.39 is 0 Å². The molecule has 0 atom stereocenters. The summed E-state index contributed by atoms with van der Waals surface area (Å²) in [4.78, 5) is 0. The van der Waals surface area contributed by atoms with Crippen LogP contribution in [0.5, 0.6) is 0 Å². The minimum atomic E-state index is 1.06. The highest BCUT2D eigenvalue weighted by Gasteiger charge is 1.86. The predicted molar refractivity (Wildman–Crippen MR) is 40.4 cm³/mol. The van der Waals surface area contributed by atoms with Crippen molar-refractivity contribution in [3.05, 3.63) is 41.3 Å². The molecule has 0 aliphatic rings. The van der Waals surface area contributed by atoms with Crippen LogP contribution in [0.2, 0.25) is 0 Å². The molecule has 1 aromatic carbocycles. The third kappa shape index (κ3) is 1.72. The van der Waals surface area contributed by atoms with Crippen molar-refractivity contribution in [2.45, 2.75) is 6.92 Å². The van der Waals surface area contributed by atoms with Crippen LogP contribution in [0.1, 0.15) is 11.1 Å². The Bertz CT molecular complexity index is 176. The van der Waals surface area contributed by atoms with Crippen LogP contribution in [-0.2, 0) is 0 Å². The van der Waals surface area contributed by atoms with Crippen molar-refractivity contribution in [3.63, 3.8) is 0 Å². The van der Waals surface area contributed by atoms with E-state index in [4.69, 9.17) is 11.6 Å². The van der Waals surface area contributed by atoms with Crippen LogP contribution < -0.4 is 0 Å². The van der Waals surface area contributed by atoms with Gasteiger partial charge in [0.1, 0.15) is 0 Å². The molecule has 9 heavy (non-hydrogen) atoms. The zero-order chi connectivity index (χ0) is 6.69. The second-order valence-corrected chi connectivity index (χ2v) is 2.24. The van der Waals surface area contributed by atoms with Crippen molar-refractivity contribution < 1.29 is 0 Å². The maximum Gasteiger partial charge on any atom is 0.0790 e. The number of hydrogen-bond acceptors (Lipinski definition) is 0. The van der Waals surface area contributed by atoms with Crippen molar-refractivity contribution in [1.29, 1.82) is 0 Å². The Kier molecular flexibility index (Phi) is 2.12. The van der Waals surface area contributed by atoms with Gasteiger partial charge in [-0.3, -0.25) is 0 Å². The molecule has 0 amide bonds. The summed E-state index contributed by atoms with van der Waals surface area (Å²) < 4.78 is 0. The SMILES string of the molecule is Cc1ccc([CH]Cl)cc1. The number of aryl methyl sites for hydroxylation is 1. The Labute approximate surface area is 60.5 Å². The van der Waals surface area contributed by atoms with E-state index in [1.54, 1.807) is 5.88 Å². The van der Waals surface area contributed by atoms with Crippen molar-refractivity contribution in [1.82, 2.24) is 0 Å². The molecule has 0 saturated carbocycles. The van der Waals surface area contributed by atoms with Crippen LogP contribution in [0.3, 0.4) is 0 Å². The average molecular weight is 140 g/mol. The van der Waals surface area contributed by atoms with Gasteiger partial charge in [-0.2, -0.15) is 0 Å². The summed E-state index contributed by atoms with van der Waals surface area (Å²) in [6.07, 6.45) is 0. The van der Waals surface area contributed by atoms with Gasteiger partial charge in [0, 0.05) is 0 Å². The summed E-state index contributed by atoms with van der Waals surface area (Å²) in [5.41, 5.74) is 2.32. The Hall–Kier alpha value is -0.490. The highest BCUT2D eigenvalue weighted by atomic mass is 35.5. The molecule has 47 valence electrons. The summed E-state index contributed by atoms with van der Waals surface area (Å²) in [5, 5.41) is 0. The highest BCUT2D eigenvalue weighted by Crippen LogP contribution is 2.06. The minimum Gasteiger partial charge on any atom is -0.116 e. The van der Waals surface area contributed by atoms with E-state index in [1.807, 2.05) is 24.3 Å². The molecule has 1 rings (SSSR count). The normalized spacial score (nSPS) is 9.56. The van der Waals surface area contributed by atoms with Crippen LogP contribution in [0, 0.1) is 12.8 Å². The molecular formula is C8H8Cl. The molecule has 1 radical (unpaired) electrons. The van der Waals surface area contributed by atoms with E-state index in [-0.39, 0.29) is 0 Å². The molecule has 0 heterocycles. The summed E-state index contributed by atoms with van der Waals surface area (Å²) in [6.45, 7) is 2.05. The van der Waals surface area contributed by atoms with Gasteiger partial charge in [0.2, 0.25) is 0 Å². The van der Waals surface area contributed by atoms with Crippen LogP contribution in [0.25, 0.3) is 0 Å². The van der Waals surface area contributed by atoms with Gasteiger partial charge >= 0.3 is 0 Å². The summed E-state index contributed by atoms with van der Waals surface area (Å²) in [6, 6.07) is 8.05. The first-order valence-electron chi connectivity index (χ1n) is 2.83. The standard InChI is InChI=1S/C8H8Cl/c1-7-2-4-8(6-9)5-3-7/h2-6H,1H3. The van der Waals surface area contributed by atoms with Gasteiger partial charge in [-0.15, -0.1) is 11.6 Å². The summed E-state index contributed by atoms with van der Waals surface area (Å²) in [7, 11) is 0. The molecule has 0 bridgehead atoms. The van der Waals surface area contributed by atoms with Crippen molar-refractivity contribution in [2.24, 2.45) is 0 Å². The fourth-order valence-electron chi connectivity index (χ4n) is 0.639. The lowest BCUT2D eigenvalue weighted by atomic mass is 10.2. The second-order valence-electron chi connectivity index (χ2n) is 2.02. The Morgan fingerprint density at radius 3 is 2.22 bits per heavy atom. The van der Waals surface area contributed by atoms with E-state index in [2.05, 4.69) is 6.92 Å². The molecule has 0 N–H and O–H groups in total. The molecule has 0 nitrogen and oxygen atoms in total. The fourth-order valence-corrected chi connectivity index (χ4v) is 0.785. The van der Waals surface area contributed by atoms with E-state index in [9.17, 15) is 0 Å². The molecule has 0 unspecified atom stereocenters. The van der Waals surface area contributed by atoms with Crippen molar-refractivity contribution >= 4 is 11.6 Å². The average Bonchev–Trinajstić information content (AvgIpc) is 1.90. The molecule has 0 saturated heterocycles. The molecule has 0 aliphatic heterocycles. The largest absolute Gasteiger partial charge is 0.116 e. The molecule has 0 fully saturated rings. The first-order valence-corrected chi connectivity index (χ1v) is 3.26. The molecule has 0 aliphatic carbocycles. The van der Waals surface area contributed by atoms with E-state index in [0.717, 1.165) is 5.56 Å². The Morgan fingerprint density at radius 1 is 1.22 bits per heavy atom. The van der Waals surface area contributed by atoms with Gasteiger partial charge in [-0.25, -0.2) is 0 Å². The zero-order valence-corrected chi connectivity index (χ0v) is 6.02. The number of rotatable bonds is 1. The van der Waals surface area contributed by atoms with Crippen LogP contribution >= 0.6 is 11.6 Å². The third-order valence-electron chi connectivity index (χ3n) is 1.20. The zero-order valence-electron chi connectivity index (χ0n) is 5.26. The van der Waals surface area contributed by atoms with Crippen molar-refractivity contribution in [2.75, 3.05) is 0 Å². The topological polar surface area (TPSA) is 0 Å². The van der Waals surface area contributed by atoms with E-state index in [0.29, 0.717) is 0 Å². The molecule has 1 heteroatoms. The molecule has 1 aromatic rings. The summed E-state index contributed by atoms with van der Waals surface area (Å²) in [5.74, 6) is 1.57. The fraction of sp³-hybridized carbons (Fsp3) is 0.125. The molecule has 0 aromatic heterocycles. The monoisotopic (exact) mass is 139 g/mol. The maximum absolute atomic E-state index is 5.45. The van der Waals surface area contributed by atoms with Gasteiger partial charge in [0.05, 0.1) is 5.88 Å². The predicted octanol–water partition coefficient (Wildman–Crippen LogP) is 2.74. The van der Waals surface area contributed by atoms with E-state index >= 15 is 0 Å². The van der Waals surface area contributed by atoms with Gasteiger partial charge in [0.25, 0.3) is 0 Å². The number of benzene rings is 1. The first-order chi connectivity index (χ1) is 4.33. The first kappa shape index (κ1) is 6.63. The lowest BCUT2D eigenvalue weighted by Crippen LogP contribution is -1.74. The third-order valence-corrected chi connectivity index (χ3v) is 1.46. The van der Waals surface area contributed by atoms with Crippen LogP contribution in [0.4, 0.5) is 0 Å². The quantitative estimate of drug-likeness (QED) is 0.561. The van der Waals surface area contributed by atoms with E-state index in [1.165, 1.54) is 5.56 Å². The minimum absolute atomic E-state index is 1.06. The lowest BCUT2D eigenvalue weighted by Gasteiger charge is -1.92. The van der Waals surface area contributed by atoms with Gasteiger partial charge in [0.15, 0.2) is 0 Å². The number of hydrogen-bond donors (Lipinski definition) is 0. The van der Waals surface area contributed by atoms with Crippen molar-refractivity contribution in [3.8, 4) is 0 Å². The number of halogens is 1. The second kappa shape index (κ2) is 2.88. The van der Waals surface area contributed by atoms with Gasteiger partial charge in [-0.05, 0) is 12.5 Å². The Balaban J connectivity index is 2.88. The Morgan fingerprint density at radius 2 is 1.78 bits per heavy atom. The smallest absolute Gasteiger partial charge is 0.0790 e. The van der Waals surface area contributed by atoms with Gasteiger partial charge < -0.3 is 0 Å². The lowest BCUT2D eigenvalue weighted by molar-refractivity contribution is 1.44. The highest BCUT2D eigenvalue weighted by molar-refractivity contribution is 6.25. The molecular weight excluding hydrogens is 132 g/mol. The van der Waals surface area contributed by atoms with Crippen LogP contribution in [-0.4, -0.2) is 0 Å². The van der Waals surface area contributed by atoms with Crippen LogP contribution in [0.15, 0.2) is 24.3 Å². The molecule has 0 spiro atoms.